The highest BCUT2D eigenvalue weighted by molar-refractivity contribution is 6.42. The largest absolute Gasteiger partial charge is 0.493 e. The fourth-order valence-electron chi connectivity index (χ4n) is 1.91. The average molecular weight is 326 g/mol. The summed E-state index contributed by atoms with van der Waals surface area (Å²) in [5.41, 5.74) is 2.00. The first-order valence-corrected chi connectivity index (χ1v) is 7.38. The van der Waals surface area contributed by atoms with Gasteiger partial charge in [-0.25, -0.2) is 0 Å². The lowest BCUT2D eigenvalue weighted by molar-refractivity contribution is 0.311. The van der Waals surface area contributed by atoms with Gasteiger partial charge in [0, 0.05) is 18.3 Å². The van der Waals surface area contributed by atoms with Crippen LogP contribution in [0.3, 0.4) is 0 Å². The van der Waals surface area contributed by atoms with E-state index in [0.717, 1.165) is 17.0 Å². The Hall–Kier alpha value is -1.58. The van der Waals surface area contributed by atoms with E-state index in [9.17, 15) is 0 Å². The lowest BCUT2D eigenvalue weighted by Gasteiger charge is -2.12. The number of hydrogen-bond acceptors (Lipinski definition) is 3. The molecule has 2 aromatic carbocycles. The van der Waals surface area contributed by atoms with Gasteiger partial charge in [-0.3, -0.25) is 0 Å². The SMILES string of the molecule is CCOc1ccc(NCc2ccc(Cl)c(Cl)c2)cc1OC. The predicted octanol–water partition coefficient (Wildman–Crippen LogP) is 5.01. The monoisotopic (exact) mass is 325 g/mol. The van der Waals surface area contributed by atoms with Gasteiger partial charge in [0.05, 0.1) is 23.8 Å². The van der Waals surface area contributed by atoms with Gasteiger partial charge in [-0.2, -0.15) is 0 Å². The third-order valence-corrected chi connectivity index (χ3v) is 3.68. The Kier molecular flexibility index (Phi) is 5.59. The van der Waals surface area contributed by atoms with E-state index in [2.05, 4.69) is 5.32 Å². The van der Waals surface area contributed by atoms with Gasteiger partial charge in [0.2, 0.25) is 0 Å². The maximum atomic E-state index is 6.00. The van der Waals surface area contributed by atoms with E-state index in [4.69, 9.17) is 32.7 Å². The molecule has 0 amide bonds. The van der Waals surface area contributed by atoms with Gasteiger partial charge in [-0.05, 0) is 36.8 Å². The van der Waals surface area contributed by atoms with E-state index in [1.54, 1.807) is 13.2 Å². The molecule has 112 valence electrons. The Morgan fingerprint density at radius 2 is 1.81 bits per heavy atom. The summed E-state index contributed by atoms with van der Waals surface area (Å²) < 4.78 is 10.8. The molecule has 0 heterocycles. The number of halogens is 2. The van der Waals surface area contributed by atoms with E-state index in [1.165, 1.54) is 0 Å². The van der Waals surface area contributed by atoms with E-state index in [1.807, 2.05) is 37.3 Å². The van der Waals surface area contributed by atoms with Crippen molar-refractivity contribution in [3.63, 3.8) is 0 Å². The van der Waals surface area contributed by atoms with E-state index in [-0.39, 0.29) is 0 Å². The highest BCUT2D eigenvalue weighted by Gasteiger charge is 2.05. The number of ether oxygens (including phenoxy) is 2. The Morgan fingerprint density at radius 1 is 1.00 bits per heavy atom. The van der Waals surface area contributed by atoms with Crippen molar-refractivity contribution in [2.24, 2.45) is 0 Å². The third-order valence-electron chi connectivity index (χ3n) is 2.94. The first-order valence-electron chi connectivity index (χ1n) is 6.62. The molecule has 0 fully saturated rings. The molecular weight excluding hydrogens is 309 g/mol. The van der Waals surface area contributed by atoms with Gasteiger partial charge in [0.25, 0.3) is 0 Å². The Labute approximate surface area is 134 Å². The van der Waals surface area contributed by atoms with Crippen LogP contribution in [0.1, 0.15) is 12.5 Å². The van der Waals surface area contributed by atoms with Gasteiger partial charge < -0.3 is 14.8 Å². The topological polar surface area (TPSA) is 30.5 Å². The van der Waals surface area contributed by atoms with Crippen molar-refractivity contribution in [3.8, 4) is 11.5 Å². The molecular formula is C16H17Cl2NO2. The predicted molar refractivity (Wildman–Crippen MR) is 88.0 cm³/mol. The summed E-state index contributed by atoms with van der Waals surface area (Å²) in [5.74, 6) is 1.44. The van der Waals surface area contributed by atoms with Gasteiger partial charge in [0.15, 0.2) is 11.5 Å². The zero-order valence-electron chi connectivity index (χ0n) is 12.0. The van der Waals surface area contributed by atoms with Crippen LogP contribution in [0.15, 0.2) is 36.4 Å². The number of hydrogen-bond donors (Lipinski definition) is 1. The summed E-state index contributed by atoms with van der Waals surface area (Å²) in [6.07, 6.45) is 0. The first kappa shape index (κ1) is 15.8. The fourth-order valence-corrected chi connectivity index (χ4v) is 2.23. The van der Waals surface area contributed by atoms with Crippen molar-refractivity contribution < 1.29 is 9.47 Å². The fraction of sp³-hybridized carbons (Fsp3) is 0.250. The normalized spacial score (nSPS) is 10.3. The van der Waals surface area contributed by atoms with E-state index < -0.39 is 0 Å². The molecule has 0 atom stereocenters. The zero-order valence-corrected chi connectivity index (χ0v) is 13.5. The second-order valence-electron chi connectivity index (χ2n) is 4.40. The summed E-state index contributed by atoms with van der Waals surface area (Å²) in [7, 11) is 1.63. The molecule has 0 aliphatic rings. The molecule has 1 N–H and O–H groups in total. The lowest BCUT2D eigenvalue weighted by atomic mass is 10.2. The van der Waals surface area contributed by atoms with Crippen LogP contribution in [0.5, 0.6) is 11.5 Å². The molecule has 0 radical (unpaired) electrons. The van der Waals surface area contributed by atoms with Crippen LogP contribution in [-0.2, 0) is 6.54 Å². The Bertz CT molecular complexity index is 617. The zero-order chi connectivity index (χ0) is 15.2. The van der Waals surface area contributed by atoms with Crippen molar-refractivity contribution in [2.75, 3.05) is 19.0 Å². The Balaban J connectivity index is 2.07. The molecule has 0 unspecified atom stereocenters. The average Bonchev–Trinajstić information content (AvgIpc) is 2.49. The van der Waals surface area contributed by atoms with Crippen LogP contribution >= 0.6 is 23.2 Å². The number of nitrogens with one attached hydrogen (secondary N) is 1. The minimum atomic E-state index is 0.556. The van der Waals surface area contributed by atoms with Crippen molar-refractivity contribution in [1.82, 2.24) is 0 Å². The molecule has 0 aliphatic heterocycles. The molecule has 5 heteroatoms. The Morgan fingerprint density at radius 3 is 2.48 bits per heavy atom. The number of benzene rings is 2. The summed E-state index contributed by atoms with van der Waals surface area (Å²) in [4.78, 5) is 0. The maximum Gasteiger partial charge on any atom is 0.162 e. The summed E-state index contributed by atoms with van der Waals surface area (Å²) in [6, 6.07) is 11.3. The third kappa shape index (κ3) is 4.19. The number of rotatable bonds is 6. The second kappa shape index (κ2) is 7.43. The molecule has 0 aromatic heterocycles. The molecule has 3 nitrogen and oxygen atoms in total. The van der Waals surface area contributed by atoms with E-state index >= 15 is 0 Å². The van der Waals surface area contributed by atoms with Crippen LogP contribution in [0, 0.1) is 0 Å². The molecule has 0 saturated carbocycles. The van der Waals surface area contributed by atoms with Gasteiger partial charge in [0.1, 0.15) is 0 Å². The summed E-state index contributed by atoms with van der Waals surface area (Å²) in [5, 5.41) is 4.43. The molecule has 0 saturated heterocycles. The van der Waals surface area contributed by atoms with Gasteiger partial charge >= 0.3 is 0 Å². The van der Waals surface area contributed by atoms with Crippen molar-refractivity contribution in [2.45, 2.75) is 13.5 Å². The minimum absolute atomic E-state index is 0.556. The molecule has 2 rings (SSSR count). The van der Waals surface area contributed by atoms with Gasteiger partial charge in [-0.1, -0.05) is 29.3 Å². The summed E-state index contributed by atoms with van der Waals surface area (Å²) >= 11 is 11.9. The lowest BCUT2D eigenvalue weighted by Crippen LogP contribution is -2.01. The first-order chi connectivity index (χ1) is 10.1. The number of methoxy groups -OCH3 is 1. The van der Waals surface area contributed by atoms with Crippen molar-refractivity contribution in [3.05, 3.63) is 52.0 Å². The second-order valence-corrected chi connectivity index (χ2v) is 5.22. The molecule has 0 bridgehead atoms. The quantitative estimate of drug-likeness (QED) is 0.809. The van der Waals surface area contributed by atoms with Crippen LogP contribution in [-0.4, -0.2) is 13.7 Å². The van der Waals surface area contributed by atoms with Crippen LogP contribution in [0.2, 0.25) is 10.0 Å². The van der Waals surface area contributed by atoms with Gasteiger partial charge in [-0.15, -0.1) is 0 Å². The maximum absolute atomic E-state index is 6.00. The standard InChI is InChI=1S/C16H17Cl2NO2/c1-3-21-15-7-5-12(9-16(15)20-2)19-10-11-4-6-13(17)14(18)8-11/h4-9,19H,3,10H2,1-2H3. The van der Waals surface area contributed by atoms with Crippen molar-refractivity contribution in [1.29, 1.82) is 0 Å². The molecule has 0 aliphatic carbocycles. The van der Waals surface area contributed by atoms with Crippen LogP contribution in [0.4, 0.5) is 5.69 Å². The number of anilines is 1. The molecule has 21 heavy (non-hydrogen) atoms. The smallest absolute Gasteiger partial charge is 0.162 e. The van der Waals surface area contributed by atoms with E-state index in [0.29, 0.717) is 28.9 Å². The highest BCUT2D eigenvalue weighted by atomic mass is 35.5. The van der Waals surface area contributed by atoms with Crippen LogP contribution in [0.25, 0.3) is 0 Å². The van der Waals surface area contributed by atoms with Crippen LogP contribution < -0.4 is 14.8 Å². The highest BCUT2D eigenvalue weighted by Crippen LogP contribution is 2.30. The molecule has 2 aromatic rings. The van der Waals surface area contributed by atoms with Crippen molar-refractivity contribution >= 4 is 28.9 Å². The summed E-state index contributed by atoms with van der Waals surface area (Å²) in [6.45, 7) is 3.19. The molecule has 0 spiro atoms. The minimum Gasteiger partial charge on any atom is -0.493 e.